The Labute approximate surface area is 173 Å². The fraction of sp³-hybridized carbons (Fsp3) is 0.900. The highest BCUT2D eigenvalue weighted by molar-refractivity contribution is 6.70. The first kappa shape index (κ1) is 27.3. The monoisotopic (exact) mass is 434 g/mol. The average Bonchev–Trinajstić information content (AvgIpc) is 2.50. The van der Waals surface area contributed by atoms with Crippen LogP contribution in [-0.4, -0.2) is 52.0 Å². The van der Waals surface area contributed by atoms with E-state index in [0.29, 0.717) is 12.8 Å². The lowest BCUT2D eigenvalue weighted by atomic mass is 9.85. The molecule has 0 aromatic heterocycles. The number of rotatable bonds is 11. The second-order valence-corrected chi connectivity index (χ2v) is 18.6. The Hall–Kier alpha value is -0.706. The van der Waals surface area contributed by atoms with Crippen LogP contribution in [0.2, 0.25) is 39.3 Å². The fourth-order valence-electron chi connectivity index (χ4n) is 2.65. The van der Waals surface area contributed by atoms with Crippen molar-refractivity contribution >= 4 is 28.6 Å². The summed E-state index contributed by atoms with van der Waals surface area (Å²) < 4.78 is 24.0. The molecule has 0 aliphatic heterocycles. The van der Waals surface area contributed by atoms with Crippen molar-refractivity contribution in [2.75, 3.05) is 0 Å². The van der Waals surface area contributed by atoms with E-state index in [2.05, 4.69) is 0 Å². The van der Waals surface area contributed by atoms with Crippen molar-refractivity contribution < 1.29 is 27.9 Å². The van der Waals surface area contributed by atoms with Crippen molar-refractivity contribution in [2.24, 2.45) is 0 Å². The van der Waals surface area contributed by atoms with E-state index in [4.69, 9.17) is 18.3 Å². The molecule has 0 spiro atoms. The van der Waals surface area contributed by atoms with E-state index in [1.54, 1.807) is 13.8 Å². The molecule has 0 rings (SSSR count). The van der Waals surface area contributed by atoms with Crippen molar-refractivity contribution in [3.05, 3.63) is 0 Å². The van der Waals surface area contributed by atoms with E-state index >= 15 is 0 Å². The van der Waals surface area contributed by atoms with Crippen LogP contribution in [0.3, 0.4) is 0 Å². The van der Waals surface area contributed by atoms with Gasteiger partial charge in [0.05, 0.1) is 12.2 Å². The molecule has 0 fully saturated rings. The molecule has 0 heterocycles. The largest absolute Gasteiger partial charge is 0.460 e. The van der Waals surface area contributed by atoms with Gasteiger partial charge in [-0.05, 0) is 79.8 Å². The molecule has 0 aliphatic carbocycles. The van der Waals surface area contributed by atoms with Crippen LogP contribution in [0.25, 0.3) is 0 Å². The number of ether oxygens (including phenoxy) is 2. The normalized spacial score (nSPS) is 19.1. The van der Waals surface area contributed by atoms with Gasteiger partial charge in [-0.2, -0.15) is 0 Å². The minimum absolute atomic E-state index is 0.293. The quantitative estimate of drug-likeness (QED) is 0.340. The zero-order valence-corrected chi connectivity index (χ0v) is 22.0. The maximum atomic E-state index is 13.3. The SMILES string of the molecule is CCC(C)OC(=O)C(C)(O[Si](C)(C)C)C(C)(O[Si](C)(C)C)C(=O)OC(C)CC. The lowest BCUT2D eigenvalue weighted by molar-refractivity contribution is -0.204. The summed E-state index contributed by atoms with van der Waals surface area (Å²) in [6.45, 7) is 22.5. The van der Waals surface area contributed by atoms with Crippen LogP contribution >= 0.6 is 0 Å². The Balaban J connectivity index is 6.42. The average molecular weight is 435 g/mol. The summed E-state index contributed by atoms with van der Waals surface area (Å²) in [4.78, 5) is 26.6. The molecule has 4 unspecified atom stereocenters. The van der Waals surface area contributed by atoms with Gasteiger partial charge in [0.15, 0.2) is 27.8 Å². The van der Waals surface area contributed by atoms with Crippen molar-refractivity contribution in [3.8, 4) is 0 Å². The molecule has 0 aromatic carbocycles. The van der Waals surface area contributed by atoms with Gasteiger partial charge in [0, 0.05) is 0 Å². The fourth-order valence-corrected chi connectivity index (χ4v) is 5.66. The van der Waals surface area contributed by atoms with Gasteiger partial charge in [0.25, 0.3) is 0 Å². The third-order valence-corrected chi connectivity index (χ3v) is 6.52. The second-order valence-electron chi connectivity index (χ2n) is 9.74. The predicted octanol–water partition coefficient (Wildman–Crippen LogP) is 4.89. The topological polar surface area (TPSA) is 71.1 Å². The highest BCUT2D eigenvalue weighted by Crippen LogP contribution is 2.38. The summed E-state index contributed by atoms with van der Waals surface area (Å²) in [5.41, 5.74) is -3.24. The number of carbonyl (C=O) groups is 2. The molecule has 0 amide bonds. The Kier molecular flexibility index (Phi) is 9.62. The van der Waals surface area contributed by atoms with Crippen LogP contribution in [0.1, 0.15) is 54.4 Å². The highest BCUT2D eigenvalue weighted by atomic mass is 28.4. The van der Waals surface area contributed by atoms with Gasteiger partial charge in [0.2, 0.25) is 0 Å². The molecule has 0 bridgehead atoms. The summed E-state index contributed by atoms with van der Waals surface area (Å²) in [5, 5.41) is 0. The van der Waals surface area contributed by atoms with Gasteiger partial charge >= 0.3 is 11.9 Å². The Morgan fingerprint density at radius 1 is 0.714 bits per heavy atom. The zero-order chi connectivity index (χ0) is 22.6. The van der Waals surface area contributed by atoms with Crippen molar-refractivity contribution in [1.29, 1.82) is 0 Å². The predicted molar refractivity (Wildman–Crippen MR) is 117 cm³/mol. The van der Waals surface area contributed by atoms with E-state index in [-0.39, 0.29) is 12.2 Å². The second kappa shape index (κ2) is 9.87. The standard InChI is InChI=1S/C20H42O6Si2/c1-13-15(3)23-17(21)19(5,25-27(7,8)9)20(6,26-28(10,11)12)18(22)24-16(4)14-2/h15-16H,13-14H2,1-12H3. The number of hydrogen-bond donors (Lipinski definition) is 0. The molecule has 4 atom stereocenters. The van der Waals surface area contributed by atoms with Gasteiger partial charge < -0.3 is 18.3 Å². The molecule has 0 aliphatic rings. The van der Waals surface area contributed by atoms with Crippen LogP contribution in [-0.2, 0) is 27.9 Å². The van der Waals surface area contributed by atoms with Crippen molar-refractivity contribution in [3.63, 3.8) is 0 Å². The van der Waals surface area contributed by atoms with Crippen LogP contribution in [0.4, 0.5) is 0 Å². The first-order valence-electron chi connectivity index (χ1n) is 10.2. The molecule has 8 heteroatoms. The summed E-state index contributed by atoms with van der Waals surface area (Å²) >= 11 is 0. The molecule has 0 radical (unpaired) electrons. The molecule has 0 saturated heterocycles. The van der Waals surface area contributed by atoms with Crippen LogP contribution in [0.15, 0.2) is 0 Å². The van der Waals surface area contributed by atoms with Crippen molar-refractivity contribution in [1.82, 2.24) is 0 Å². The molecule has 6 nitrogen and oxygen atoms in total. The molecule has 28 heavy (non-hydrogen) atoms. The van der Waals surface area contributed by atoms with Gasteiger partial charge in [-0.1, -0.05) is 13.8 Å². The van der Waals surface area contributed by atoms with Crippen LogP contribution in [0, 0.1) is 0 Å². The van der Waals surface area contributed by atoms with E-state index in [0.717, 1.165) is 0 Å². The maximum Gasteiger partial charge on any atom is 0.340 e. The first-order valence-corrected chi connectivity index (χ1v) is 17.1. The summed E-state index contributed by atoms with van der Waals surface area (Å²) in [6, 6.07) is 0. The van der Waals surface area contributed by atoms with E-state index in [9.17, 15) is 9.59 Å². The lowest BCUT2D eigenvalue weighted by Gasteiger charge is -2.47. The summed E-state index contributed by atoms with van der Waals surface area (Å²) in [5.74, 6) is -1.18. The Morgan fingerprint density at radius 2 is 0.964 bits per heavy atom. The molecule has 0 saturated carbocycles. The minimum Gasteiger partial charge on any atom is -0.460 e. The maximum absolute atomic E-state index is 13.3. The number of hydrogen-bond acceptors (Lipinski definition) is 6. The molecular formula is C20H42O6Si2. The summed E-state index contributed by atoms with van der Waals surface area (Å²) in [7, 11) is -4.54. The first-order chi connectivity index (χ1) is 12.4. The molecule has 0 N–H and O–H groups in total. The van der Waals surface area contributed by atoms with Gasteiger partial charge in [-0.3, -0.25) is 0 Å². The Bertz CT molecular complexity index is 492. The van der Waals surface area contributed by atoms with E-state index < -0.39 is 39.8 Å². The van der Waals surface area contributed by atoms with Gasteiger partial charge in [-0.25, -0.2) is 9.59 Å². The lowest BCUT2D eigenvalue weighted by Crippen LogP contribution is -2.68. The number of esters is 2. The molecular weight excluding hydrogens is 392 g/mol. The third-order valence-electron chi connectivity index (χ3n) is 4.48. The van der Waals surface area contributed by atoms with E-state index in [1.165, 1.54) is 0 Å². The van der Waals surface area contributed by atoms with Gasteiger partial charge in [0.1, 0.15) is 0 Å². The Morgan fingerprint density at radius 3 is 1.14 bits per heavy atom. The third kappa shape index (κ3) is 7.61. The summed E-state index contributed by atoms with van der Waals surface area (Å²) in [6.07, 6.45) is 0.743. The van der Waals surface area contributed by atoms with Crippen LogP contribution in [0.5, 0.6) is 0 Å². The zero-order valence-electron chi connectivity index (χ0n) is 20.0. The number of carbonyl (C=O) groups excluding carboxylic acids is 2. The molecule has 0 aromatic rings. The van der Waals surface area contributed by atoms with Gasteiger partial charge in [-0.15, -0.1) is 0 Å². The van der Waals surface area contributed by atoms with Crippen LogP contribution < -0.4 is 0 Å². The molecule has 166 valence electrons. The van der Waals surface area contributed by atoms with E-state index in [1.807, 2.05) is 67.0 Å². The van der Waals surface area contributed by atoms with Crippen molar-refractivity contribution in [2.45, 2.75) is 117 Å². The highest BCUT2D eigenvalue weighted by Gasteiger charge is 2.62. The minimum atomic E-state index is -2.27. The smallest absolute Gasteiger partial charge is 0.340 e.